The lowest BCUT2D eigenvalue weighted by molar-refractivity contribution is -0.127. The first-order valence-corrected chi connectivity index (χ1v) is 13.9. The first-order valence-electron chi connectivity index (χ1n) is 12.9. The third-order valence-corrected chi connectivity index (χ3v) is 7.89. The van der Waals surface area contributed by atoms with Crippen molar-refractivity contribution in [2.75, 3.05) is 30.2 Å². The predicted octanol–water partition coefficient (Wildman–Crippen LogP) is 5.44. The minimum atomic E-state index is -1.04. The lowest BCUT2D eigenvalue weighted by Crippen LogP contribution is -2.61. The molecule has 10 heteroatoms. The number of hydrogen-bond donors (Lipinski definition) is 2. The Morgan fingerprint density at radius 1 is 0.974 bits per heavy atom. The number of anilines is 2. The molecular weight excluding hydrogens is 514 g/mol. The lowest BCUT2D eigenvalue weighted by Gasteiger charge is -2.45. The van der Waals surface area contributed by atoms with E-state index in [2.05, 4.69) is 20.3 Å². The lowest BCUT2D eigenvalue weighted by atomic mass is 9.78. The van der Waals surface area contributed by atoms with Crippen molar-refractivity contribution in [1.29, 1.82) is 0 Å². The quantitative estimate of drug-likeness (QED) is 0.270. The van der Waals surface area contributed by atoms with Gasteiger partial charge in [-0.15, -0.1) is 0 Å². The van der Waals surface area contributed by atoms with Gasteiger partial charge in [0.05, 0.1) is 25.5 Å². The SMILES string of the molecule is COc1ccc(NC(=O)C2(N(C(=O)CSc3nc4ncccc4[nH]3)c3ccc(OC)cc3)CCCCC2)cc1. The highest BCUT2D eigenvalue weighted by molar-refractivity contribution is 7.99. The van der Waals surface area contributed by atoms with E-state index in [1.54, 1.807) is 49.6 Å². The highest BCUT2D eigenvalue weighted by atomic mass is 32.2. The van der Waals surface area contributed by atoms with Gasteiger partial charge in [-0.2, -0.15) is 0 Å². The van der Waals surface area contributed by atoms with Gasteiger partial charge in [0, 0.05) is 17.6 Å². The van der Waals surface area contributed by atoms with E-state index in [0.717, 1.165) is 24.8 Å². The number of nitrogens with one attached hydrogen (secondary N) is 2. The second kappa shape index (κ2) is 11.8. The van der Waals surface area contributed by atoms with Gasteiger partial charge in [-0.3, -0.25) is 14.5 Å². The number of rotatable bonds is 9. The molecule has 5 rings (SSSR count). The Kier molecular flexibility index (Phi) is 8.02. The van der Waals surface area contributed by atoms with Crippen LogP contribution in [0.25, 0.3) is 11.2 Å². The second-order valence-electron chi connectivity index (χ2n) is 9.41. The second-order valence-corrected chi connectivity index (χ2v) is 10.4. The van der Waals surface area contributed by atoms with Crippen molar-refractivity contribution in [3.8, 4) is 11.5 Å². The number of benzene rings is 2. The van der Waals surface area contributed by atoms with E-state index in [0.29, 0.717) is 46.5 Å². The van der Waals surface area contributed by atoms with Crippen LogP contribution in [0, 0.1) is 0 Å². The van der Waals surface area contributed by atoms with Gasteiger partial charge in [-0.25, -0.2) is 9.97 Å². The Morgan fingerprint density at radius 2 is 1.64 bits per heavy atom. The summed E-state index contributed by atoms with van der Waals surface area (Å²) in [5, 5.41) is 3.68. The van der Waals surface area contributed by atoms with Crippen LogP contribution >= 0.6 is 11.8 Å². The van der Waals surface area contributed by atoms with Crippen LogP contribution in [0.5, 0.6) is 11.5 Å². The monoisotopic (exact) mass is 545 g/mol. The van der Waals surface area contributed by atoms with Crippen LogP contribution in [0.2, 0.25) is 0 Å². The number of pyridine rings is 1. The first kappa shape index (κ1) is 26.6. The first-order chi connectivity index (χ1) is 19.0. The molecule has 0 atom stereocenters. The maximum atomic E-state index is 14.1. The molecule has 2 aromatic heterocycles. The normalized spacial score (nSPS) is 14.5. The van der Waals surface area contributed by atoms with Crippen molar-refractivity contribution in [2.45, 2.75) is 42.8 Å². The molecule has 0 radical (unpaired) electrons. The maximum Gasteiger partial charge on any atom is 0.250 e. The summed E-state index contributed by atoms with van der Waals surface area (Å²) in [5.74, 6) is 1.10. The topological polar surface area (TPSA) is 109 Å². The summed E-state index contributed by atoms with van der Waals surface area (Å²) in [6.45, 7) is 0. The number of aromatic nitrogens is 3. The van der Waals surface area contributed by atoms with E-state index in [-0.39, 0.29) is 17.6 Å². The molecule has 4 aromatic rings. The van der Waals surface area contributed by atoms with Gasteiger partial charge in [0.15, 0.2) is 10.8 Å². The fourth-order valence-electron chi connectivity index (χ4n) is 5.06. The van der Waals surface area contributed by atoms with Gasteiger partial charge in [-0.1, -0.05) is 31.0 Å². The molecule has 2 heterocycles. The molecule has 0 unspecified atom stereocenters. The zero-order valence-electron chi connectivity index (χ0n) is 22.0. The van der Waals surface area contributed by atoms with Gasteiger partial charge >= 0.3 is 0 Å². The van der Waals surface area contributed by atoms with Crippen molar-refractivity contribution >= 4 is 46.1 Å². The molecule has 0 aliphatic heterocycles. The van der Waals surface area contributed by atoms with Crippen LogP contribution < -0.4 is 19.7 Å². The molecule has 9 nitrogen and oxygen atoms in total. The summed E-state index contributed by atoms with van der Waals surface area (Å²) < 4.78 is 10.6. The fourth-order valence-corrected chi connectivity index (χ4v) is 5.78. The maximum absolute atomic E-state index is 14.1. The van der Waals surface area contributed by atoms with E-state index < -0.39 is 5.54 Å². The number of hydrogen-bond acceptors (Lipinski definition) is 7. The average Bonchev–Trinajstić information content (AvgIpc) is 3.40. The van der Waals surface area contributed by atoms with E-state index in [9.17, 15) is 9.59 Å². The predicted molar refractivity (Wildman–Crippen MR) is 153 cm³/mol. The molecular formula is C29H31N5O4S. The van der Waals surface area contributed by atoms with Crippen molar-refractivity contribution in [2.24, 2.45) is 0 Å². The van der Waals surface area contributed by atoms with E-state index in [1.165, 1.54) is 11.8 Å². The van der Waals surface area contributed by atoms with Crippen LogP contribution in [-0.4, -0.2) is 52.3 Å². The van der Waals surface area contributed by atoms with Gasteiger partial charge in [0.25, 0.3) is 5.91 Å². The number of fused-ring (bicyclic) bond motifs is 1. The Labute approximate surface area is 231 Å². The zero-order valence-corrected chi connectivity index (χ0v) is 22.8. The highest BCUT2D eigenvalue weighted by Crippen LogP contribution is 2.39. The number of thioether (sulfide) groups is 1. The zero-order chi connectivity index (χ0) is 27.2. The summed E-state index contributed by atoms with van der Waals surface area (Å²) in [5.41, 5.74) is 1.67. The highest BCUT2D eigenvalue weighted by Gasteiger charge is 2.47. The number of carbonyl (C=O) groups is 2. The number of nitrogens with zero attached hydrogens (tertiary/aromatic N) is 3. The van der Waals surface area contributed by atoms with Crippen LogP contribution in [0.1, 0.15) is 32.1 Å². The summed E-state index contributed by atoms with van der Waals surface area (Å²) in [4.78, 5) is 41.8. The number of amides is 2. The van der Waals surface area contributed by atoms with Crippen molar-refractivity contribution in [1.82, 2.24) is 15.0 Å². The minimum absolute atomic E-state index is 0.101. The molecule has 2 aromatic carbocycles. The van der Waals surface area contributed by atoms with Crippen molar-refractivity contribution in [3.05, 3.63) is 66.9 Å². The summed E-state index contributed by atoms with van der Waals surface area (Å²) in [6, 6.07) is 18.2. The molecule has 0 spiro atoms. The molecule has 2 N–H and O–H groups in total. The number of ether oxygens (including phenoxy) is 2. The summed E-state index contributed by atoms with van der Waals surface area (Å²) >= 11 is 1.30. The Hall–Kier alpha value is -4.05. The number of H-pyrrole nitrogens is 1. The summed E-state index contributed by atoms with van der Waals surface area (Å²) in [7, 11) is 3.20. The van der Waals surface area contributed by atoms with Crippen LogP contribution in [0.4, 0.5) is 11.4 Å². The van der Waals surface area contributed by atoms with E-state index in [1.807, 2.05) is 36.4 Å². The minimum Gasteiger partial charge on any atom is -0.497 e. The molecule has 2 amide bonds. The fraction of sp³-hybridized carbons (Fsp3) is 0.310. The van der Waals surface area contributed by atoms with Gasteiger partial charge in [0.2, 0.25) is 5.91 Å². The van der Waals surface area contributed by atoms with E-state index in [4.69, 9.17) is 9.47 Å². The van der Waals surface area contributed by atoms with E-state index >= 15 is 0 Å². The van der Waals surface area contributed by atoms with Gasteiger partial charge in [-0.05, 0) is 73.5 Å². The molecule has 1 aliphatic rings. The third kappa shape index (κ3) is 5.70. The van der Waals surface area contributed by atoms with Gasteiger partial charge in [0.1, 0.15) is 17.0 Å². The van der Waals surface area contributed by atoms with Crippen molar-refractivity contribution in [3.63, 3.8) is 0 Å². The molecule has 1 saturated carbocycles. The summed E-state index contributed by atoms with van der Waals surface area (Å²) in [6.07, 6.45) is 5.51. The largest absolute Gasteiger partial charge is 0.497 e. The number of aromatic amines is 1. The number of carbonyl (C=O) groups excluding carboxylic acids is 2. The number of imidazole rings is 1. The Bertz CT molecular complexity index is 1400. The average molecular weight is 546 g/mol. The van der Waals surface area contributed by atoms with Crippen LogP contribution in [0.3, 0.4) is 0 Å². The van der Waals surface area contributed by atoms with Crippen LogP contribution in [-0.2, 0) is 9.59 Å². The Morgan fingerprint density at radius 3 is 2.28 bits per heavy atom. The Balaban J connectivity index is 1.47. The number of methoxy groups -OCH3 is 2. The van der Waals surface area contributed by atoms with Crippen LogP contribution in [0.15, 0.2) is 72.0 Å². The molecule has 1 fully saturated rings. The molecule has 39 heavy (non-hydrogen) atoms. The van der Waals surface area contributed by atoms with Crippen molar-refractivity contribution < 1.29 is 19.1 Å². The molecule has 1 aliphatic carbocycles. The van der Waals surface area contributed by atoms with Gasteiger partial charge < -0.3 is 19.8 Å². The standard InChI is InChI=1S/C29H31N5O4S/c1-37-22-12-8-20(9-13-22)31-27(36)29(16-4-3-5-17-29)34(21-10-14-23(38-2)15-11-21)25(35)19-39-28-32-24-7-6-18-30-26(24)33-28/h6-15,18H,3-5,16-17,19H2,1-2H3,(H,31,36)(H,30,32,33). The third-order valence-electron chi connectivity index (χ3n) is 7.03. The molecule has 0 bridgehead atoms. The molecule has 0 saturated heterocycles. The smallest absolute Gasteiger partial charge is 0.250 e. The molecule has 202 valence electrons.